The van der Waals surface area contributed by atoms with Crippen LogP contribution < -0.4 is 5.32 Å². The Morgan fingerprint density at radius 2 is 2.28 bits per heavy atom. The van der Waals surface area contributed by atoms with Crippen molar-refractivity contribution in [2.24, 2.45) is 0 Å². The Labute approximate surface area is 106 Å². The van der Waals surface area contributed by atoms with E-state index >= 15 is 0 Å². The van der Waals surface area contributed by atoms with Crippen molar-refractivity contribution < 1.29 is 19.4 Å². The number of urea groups is 1. The number of nitrogens with one attached hydrogen (secondary N) is 1. The topological polar surface area (TPSA) is 78.9 Å². The maximum atomic E-state index is 12.0. The number of amides is 2. The number of hydrogen-bond acceptors (Lipinski definition) is 3. The molecule has 1 unspecified atom stereocenters. The lowest BCUT2D eigenvalue weighted by Gasteiger charge is -2.36. The van der Waals surface area contributed by atoms with Crippen LogP contribution in [0, 0.1) is 12.3 Å². The SMILES string of the molecule is C#CC(C)(C)NC(=O)N1CCOCC1CC(=O)O. The third-order valence-corrected chi connectivity index (χ3v) is 2.68. The van der Waals surface area contributed by atoms with E-state index in [4.69, 9.17) is 16.3 Å². The van der Waals surface area contributed by atoms with Gasteiger partial charge in [-0.15, -0.1) is 6.42 Å². The van der Waals surface area contributed by atoms with Crippen molar-refractivity contribution in [3.63, 3.8) is 0 Å². The van der Waals surface area contributed by atoms with E-state index in [1.54, 1.807) is 13.8 Å². The summed E-state index contributed by atoms with van der Waals surface area (Å²) in [5.41, 5.74) is -0.761. The summed E-state index contributed by atoms with van der Waals surface area (Å²) in [6.07, 6.45) is 5.16. The van der Waals surface area contributed by atoms with Crippen LogP contribution in [0.15, 0.2) is 0 Å². The van der Waals surface area contributed by atoms with Gasteiger partial charge in [0.25, 0.3) is 0 Å². The van der Waals surface area contributed by atoms with Crippen molar-refractivity contribution in [1.82, 2.24) is 10.2 Å². The zero-order valence-corrected chi connectivity index (χ0v) is 10.6. The summed E-state index contributed by atoms with van der Waals surface area (Å²) < 4.78 is 5.19. The fourth-order valence-electron chi connectivity index (χ4n) is 1.67. The maximum absolute atomic E-state index is 12.0. The average molecular weight is 254 g/mol. The number of nitrogens with zero attached hydrogens (tertiary/aromatic N) is 1. The highest BCUT2D eigenvalue weighted by atomic mass is 16.5. The van der Waals surface area contributed by atoms with Gasteiger partial charge in [-0.3, -0.25) is 4.79 Å². The van der Waals surface area contributed by atoms with Gasteiger partial charge in [0.15, 0.2) is 0 Å². The van der Waals surface area contributed by atoms with E-state index in [1.165, 1.54) is 4.90 Å². The minimum atomic E-state index is -0.959. The third-order valence-electron chi connectivity index (χ3n) is 2.68. The van der Waals surface area contributed by atoms with Crippen LogP contribution in [0.25, 0.3) is 0 Å². The molecule has 1 rings (SSSR count). The summed E-state index contributed by atoms with van der Waals surface area (Å²) in [5.74, 6) is 1.50. The van der Waals surface area contributed by atoms with Gasteiger partial charge in [0.1, 0.15) is 0 Å². The predicted molar refractivity (Wildman–Crippen MR) is 65.0 cm³/mol. The lowest BCUT2D eigenvalue weighted by atomic mass is 10.1. The smallest absolute Gasteiger partial charge is 0.318 e. The number of hydrogen-bond donors (Lipinski definition) is 2. The standard InChI is InChI=1S/C12H18N2O4/c1-4-12(2,3)13-11(17)14-5-6-18-8-9(14)7-10(15)16/h1,9H,5-8H2,2-3H3,(H,13,17)(H,15,16). The van der Waals surface area contributed by atoms with Crippen LogP contribution in [0.2, 0.25) is 0 Å². The molecule has 0 radical (unpaired) electrons. The second-order valence-electron chi connectivity index (χ2n) is 4.72. The highest BCUT2D eigenvalue weighted by molar-refractivity contribution is 5.77. The van der Waals surface area contributed by atoms with Crippen LogP contribution in [0.5, 0.6) is 0 Å². The molecule has 0 bridgehead atoms. The summed E-state index contributed by atoms with van der Waals surface area (Å²) in [5, 5.41) is 11.5. The molecule has 0 spiro atoms. The summed E-state index contributed by atoms with van der Waals surface area (Å²) in [6, 6.07) is -0.808. The molecule has 18 heavy (non-hydrogen) atoms. The zero-order chi connectivity index (χ0) is 13.8. The summed E-state index contributed by atoms with van der Waals surface area (Å²) >= 11 is 0. The molecule has 0 saturated carbocycles. The van der Waals surface area contributed by atoms with Crippen molar-refractivity contribution >= 4 is 12.0 Å². The highest BCUT2D eigenvalue weighted by Crippen LogP contribution is 2.12. The van der Waals surface area contributed by atoms with Gasteiger partial charge in [0.05, 0.1) is 31.2 Å². The Morgan fingerprint density at radius 1 is 1.61 bits per heavy atom. The molecule has 2 amide bonds. The van der Waals surface area contributed by atoms with Gasteiger partial charge < -0.3 is 20.1 Å². The molecule has 1 atom stereocenters. The molecule has 100 valence electrons. The van der Waals surface area contributed by atoms with Gasteiger partial charge in [0, 0.05) is 6.54 Å². The fraction of sp³-hybridized carbons (Fsp3) is 0.667. The van der Waals surface area contributed by atoms with Crippen LogP contribution in [0.4, 0.5) is 4.79 Å². The molecule has 6 nitrogen and oxygen atoms in total. The van der Waals surface area contributed by atoms with Crippen molar-refractivity contribution in [1.29, 1.82) is 0 Å². The Bertz CT molecular complexity index is 373. The van der Waals surface area contributed by atoms with Gasteiger partial charge in [-0.2, -0.15) is 0 Å². The van der Waals surface area contributed by atoms with Crippen molar-refractivity contribution in [3.05, 3.63) is 0 Å². The first kappa shape index (κ1) is 14.3. The number of aliphatic carboxylic acids is 1. The number of morpholine rings is 1. The Balaban J connectivity index is 2.69. The molecule has 0 aromatic heterocycles. The molecule has 0 aromatic rings. The molecular formula is C12H18N2O4. The normalized spacial score (nSPS) is 20.1. The summed E-state index contributed by atoms with van der Waals surface area (Å²) in [6.45, 7) is 4.41. The number of ether oxygens (including phenoxy) is 1. The number of terminal acetylenes is 1. The molecule has 1 aliphatic heterocycles. The van der Waals surface area contributed by atoms with Crippen molar-refractivity contribution in [2.75, 3.05) is 19.8 Å². The van der Waals surface area contributed by atoms with Gasteiger partial charge in [-0.25, -0.2) is 4.79 Å². The lowest BCUT2D eigenvalue weighted by molar-refractivity contribution is -0.139. The van der Waals surface area contributed by atoms with Crippen LogP contribution in [-0.2, 0) is 9.53 Å². The molecular weight excluding hydrogens is 236 g/mol. The monoisotopic (exact) mass is 254 g/mol. The van der Waals surface area contributed by atoms with E-state index < -0.39 is 17.6 Å². The van der Waals surface area contributed by atoms with Crippen LogP contribution in [0.3, 0.4) is 0 Å². The van der Waals surface area contributed by atoms with Gasteiger partial charge in [-0.05, 0) is 13.8 Å². The van der Waals surface area contributed by atoms with Crippen molar-refractivity contribution in [2.45, 2.75) is 31.8 Å². The van der Waals surface area contributed by atoms with Gasteiger partial charge >= 0.3 is 12.0 Å². The molecule has 1 aliphatic rings. The number of rotatable bonds is 3. The van der Waals surface area contributed by atoms with E-state index in [9.17, 15) is 9.59 Å². The largest absolute Gasteiger partial charge is 0.481 e. The molecule has 0 aliphatic carbocycles. The maximum Gasteiger partial charge on any atom is 0.318 e. The first-order valence-corrected chi connectivity index (χ1v) is 5.72. The predicted octanol–water partition coefficient (Wildman–Crippen LogP) is 0.283. The van der Waals surface area contributed by atoms with Crippen LogP contribution in [-0.4, -0.2) is 53.3 Å². The van der Waals surface area contributed by atoms with E-state index in [1.807, 2.05) is 0 Å². The third kappa shape index (κ3) is 3.93. The number of carbonyl (C=O) groups excluding carboxylic acids is 1. The summed E-state index contributed by atoms with van der Waals surface area (Å²) in [7, 11) is 0. The van der Waals surface area contributed by atoms with Gasteiger partial charge in [-0.1, -0.05) is 5.92 Å². The summed E-state index contributed by atoms with van der Waals surface area (Å²) in [4.78, 5) is 24.2. The molecule has 1 saturated heterocycles. The number of carboxylic acid groups (broad SMARTS) is 1. The second-order valence-corrected chi connectivity index (χ2v) is 4.72. The first-order valence-electron chi connectivity index (χ1n) is 5.72. The van der Waals surface area contributed by atoms with E-state index in [2.05, 4.69) is 11.2 Å². The molecule has 1 heterocycles. The second kappa shape index (κ2) is 5.74. The van der Waals surface area contributed by atoms with E-state index in [0.29, 0.717) is 13.2 Å². The van der Waals surface area contributed by atoms with Crippen molar-refractivity contribution in [3.8, 4) is 12.3 Å². The molecule has 0 aromatic carbocycles. The van der Waals surface area contributed by atoms with Gasteiger partial charge in [0.2, 0.25) is 0 Å². The molecule has 2 N–H and O–H groups in total. The zero-order valence-electron chi connectivity index (χ0n) is 10.6. The quantitative estimate of drug-likeness (QED) is 0.709. The molecule has 6 heteroatoms. The minimum absolute atomic E-state index is 0.135. The van der Waals surface area contributed by atoms with E-state index in [-0.39, 0.29) is 19.1 Å². The van der Waals surface area contributed by atoms with E-state index in [0.717, 1.165) is 0 Å². The Hall–Kier alpha value is -1.74. The number of carbonyl (C=O) groups is 2. The number of carboxylic acids is 1. The Morgan fingerprint density at radius 3 is 2.83 bits per heavy atom. The molecule has 1 fully saturated rings. The van der Waals surface area contributed by atoms with Crippen LogP contribution >= 0.6 is 0 Å². The lowest BCUT2D eigenvalue weighted by Crippen LogP contribution is -2.56. The van der Waals surface area contributed by atoms with Crippen LogP contribution in [0.1, 0.15) is 20.3 Å². The fourth-order valence-corrected chi connectivity index (χ4v) is 1.67. The average Bonchev–Trinajstić information content (AvgIpc) is 2.28. The highest BCUT2D eigenvalue weighted by Gasteiger charge is 2.31. The first-order chi connectivity index (χ1) is 8.35. The minimum Gasteiger partial charge on any atom is -0.481 e. The Kier molecular flexibility index (Phi) is 4.56.